The summed E-state index contributed by atoms with van der Waals surface area (Å²) in [6.07, 6.45) is 11.4. The van der Waals surface area contributed by atoms with Gasteiger partial charge in [0.1, 0.15) is 5.82 Å². The Kier molecular flexibility index (Phi) is 5.47. The summed E-state index contributed by atoms with van der Waals surface area (Å²) in [7, 11) is 0. The molecule has 0 saturated carbocycles. The Labute approximate surface area is 144 Å². The molecule has 3 rings (SSSR count). The molecular weight excluding hydrogens is 322 g/mol. The smallest absolute Gasteiger partial charge is 0.267 e. The Balaban J connectivity index is 1.58. The van der Waals surface area contributed by atoms with Crippen molar-refractivity contribution in [2.75, 3.05) is 23.3 Å². The third kappa shape index (κ3) is 4.70. The lowest BCUT2D eigenvalue weighted by atomic mass is 10.1. The van der Waals surface area contributed by atoms with E-state index < -0.39 is 5.91 Å². The lowest BCUT2D eigenvalue weighted by Crippen LogP contribution is -2.43. The first-order valence-corrected chi connectivity index (χ1v) is 7.97. The predicted molar refractivity (Wildman–Crippen MR) is 91.9 cm³/mol. The van der Waals surface area contributed by atoms with Gasteiger partial charge < -0.3 is 10.2 Å². The Hall–Kier alpha value is -3.07. The zero-order chi connectivity index (χ0) is 17.5. The Morgan fingerprint density at radius 2 is 2.08 bits per heavy atom. The minimum Gasteiger partial charge on any atom is -0.364 e. The molecule has 0 spiro atoms. The van der Waals surface area contributed by atoms with Gasteiger partial charge in [0, 0.05) is 37.6 Å². The zero-order valence-electron chi connectivity index (χ0n) is 13.5. The normalized spacial score (nSPS) is 17.5. The maximum absolute atomic E-state index is 10.9. The van der Waals surface area contributed by atoms with Crippen LogP contribution in [0.15, 0.2) is 36.9 Å². The average molecular weight is 341 g/mol. The second kappa shape index (κ2) is 8.15. The van der Waals surface area contributed by atoms with Crippen molar-refractivity contribution in [1.29, 1.82) is 0 Å². The van der Waals surface area contributed by atoms with Crippen LogP contribution in [0.25, 0.3) is 6.08 Å². The van der Waals surface area contributed by atoms with E-state index in [1.54, 1.807) is 30.9 Å². The highest BCUT2D eigenvalue weighted by molar-refractivity contribution is 5.90. The summed E-state index contributed by atoms with van der Waals surface area (Å²) >= 11 is 0. The first kappa shape index (κ1) is 16.8. The zero-order valence-corrected chi connectivity index (χ0v) is 13.5. The minimum absolute atomic E-state index is 0.230. The van der Waals surface area contributed by atoms with Crippen LogP contribution < -0.4 is 15.7 Å². The maximum atomic E-state index is 10.9. The van der Waals surface area contributed by atoms with Crippen molar-refractivity contribution >= 4 is 23.7 Å². The number of nitrogens with one attached hydrogen (secondary N) is 2. The van der Waals surface area contributed by atoms with Gasteiger partial charge >= 0.3 is 0 Å². The van der Waals surface area contributed by atoms with Crippen LogP contribution in [0.4, 0.5) is 11.8 Å². The number of nitrogens with zero attached hydrogens (tertiary/aromatic N) is 5. The number of hydroxylamine groups is 1. The van der Waals surface area contributed by atoms with E-state index in [-0.39, 0.29) is 6.04 Å². The van der Waals surface area contributed by atoms with Gasteiger partial charge in [0.25, 0.3) is 5.91 Å². The largest absolute Gasteiger partial charge is 0.364 e. The standard InChI is InChI=1S/C16H19N7O2/c24-15(22-25)5-4-12-9-20-14(10-19-12)21-13-3-1-8-23(11-13)16-17-6-2-7-18-16/h2,4-7,9-10,13,25H,1,3,8,11H2,(H,20,21)(H,22,24)/t13-/m1/s1. The van der Waals surface area contributed by atoms with Crippen molar-refractivity contribution in [2.45, 2.75) is 18.9 Å². The van der Waals surface area contributed by atoms with Crippen LogP contribution in [-0.4, -0.2) is 50.2 Å². The highest BCUT2D eigenvalue weighted by Gasteiger charge is 2.21. The van der Waals surface area contributed by atoms with Gasteiger partial charge in [-0.2, -0.15) is 0 Å². The Morgan fingerprint density at radius 3 is 2.80 bits per heavy atom. The molecule has 1 aliphatic rings. The first-order chi connectivity index (χ1) is 12.2. The van der Waals surface area contributed by atoms with Crippen LogP contribution in [0.3, 0.4) is 0 Å². The second-order valence-corrected chi connectivity index (χ2v) is 5.61. The van der Waals surface area contributed by atoms with Crippen molar-refractivity contribution in [3.8, 4) is 0 Å². The lowest BCUT2D eigenvalue weighted by molar-refractivity contribution is -0.124. The number of amides is 1. The number of anilines is 2. The van der Waals surface area contributed by atoms with Gasteiger partial charge in [-0.25, -0.2) is 20.4 Å². The van der Waals surface area contributed by atoms with Crippen molar-refractivity contribution in [3.05, 3.63) is 42.6 Å². The number of carbonyl (C=O) groups excluding carboxylic acids is 1. The molecular formula is C16H19N7O2. The highest BCUT2D eigenvalue weighted by Crippen LogP contribution is 2.18. The summed E-state index contributed by atoms with van der Waals surface area (Å²) < 4.78 is 0. The molecule has 0 aromatic carbocycles. The minimum atomic E-state index is -0.616. The maximum Gasteiger partial charge on any atom is 0.267 e. The molecule has 1 aliphatic heterocycles. The van der Waals surface area contributed by atoms with Crippen LogP contribution in [0.1, 0.15) is 18.5 Å². The van der Waals surface area contributed by atoms with Crippen LogP contribution >= 0.6 is 0 Å². The molecule has 1 fully saturated rings. The fourth-order valence-electron chi connectivity index (χ4n) is 2.64. The molecule has 130 valence electrons. The van der Waals surface area contributed by atoms with Gasteiger partial charge in [0.05, 0.1) is 18.1 Å². The van der Waals surface area contributed by atoms with Gasteiger partial charge in [-0.05, 0) is 25.0 Å². The molecule has 2 aromatic heterocycles. The fourth-order valence-corrected chi connectivity index (χ4v) is 2.64. The number of hydrogen-bond donors (Lipinski definition) is 3. The van der Waals surface area contributed by atoms with Gasteiger partial charge in [-0.3, -0.25) is 15.0 Å². The molecule has 9 heteroatoms. The van der Waals surface area contributed by atoms with Crippen molar-refractivity contribution in [1.82, 2.24) is 25.4 Å². The quantitative estimate of drug-likeness (QED) is 0.417. The molecule has 0 bridgehead atoms. The molecule has 1 atom stereocenters. The van der Waals surface area contributed by atoms with Gasteiger partial charge in [0.2, 0.25) is 5.95 Å². The van der Waals surface area contributed by atoms with Gasteiger partial charge in [-0.15, -0.1) is 0 Å². The van der Waals surface area contributed by atoms with Crippen LogP contribution in [0, 0.1) is 0 Å². The SMILES string of the molecule is O=C(C=Cc1cnc(N[C@@H]2CCCN(c3ncccn3)C2)cn1)NO. The molecule has 0 aliphatic carbocycles. The summed E-state index contributed by atoms with van der Waals surface area (Å²) in [5, 5.41) is 11.8. The summed E-state index contributed by atoms with van der Waals surface area (Å²) in [5.74, 6) is 0.793. The highest BCUT2D eigenvalue weighted by atomic mass is 16.5. The van der Waals surface area contributed by atoms with Crippen LogP contribution in [-0.2, 0) is 4.79 Å². The molecule has 3 heterocycles. The Morgan fingerprint density at radius 1 is 1.24 bits per heavy atom. The monoisotopic (exact) mass is 341 g/mol. The van der Waals surface area contributed by atoms with E-state index in [1.807, 2.05) is 0 Å². The molecule has 1 amide bonds. The molecule has 0 unspecified atom stereocenters. The molecule has 9 nitrogen and oxygen atoms in total. The number of aromatic nitrogens is 4. The topological polar surface area (TPSA) is 116 Å². The van der Waals surface area contributed by atoms with Crippen LogP contribution in [0.2, 0.25) is 0 Å². The molecule has 3 N–H and O–H groups in total. The summed E-state index contributed by atoms with van der Waals surface area (Å²) in [4.78, 5) is 30.2. The van der Waals surface area contributed by atoms with E-state index >= 15 is 0 Å². The predicted octanol–water partition coefficient (Wildman–Crippen LogP) is 0.866. The van der Waals surface area contributed by atoms with E-state index in [4.69, 9.17) is 5.21 Å². The van der Waals surface area contributed by atoms with Crippen LogP contribution in [0.5, 0.6) is 0 Å². The summed E-state index contributed by atoms with van der Waals surface area (Å²) in [6.45, 7) is 1.73. The van der Waals surface area contributed by atoms with E-state index in [1.165, 1.54) is 17.6 Å². The molecule has 0 radical (unpaired) electrons. The number of hydrogen-bond acceptors (Lipinski definition) is 8. The number of piperidine rings is 1. The van der Waals surface area contributed by atoms with E-state index in [2.05, 4.69) is 30.2 Å². The summed E-state index contributed by atoms with van der Waals surface area (Å²) in [5.41, 5.74) is 2.04. The van der Waals surface area contributed by atoms with Crippen molar-refractivity contribution < 1.29 is 10.0 Å². The number of rotatable bonds is 5. The summed E-state index contributed by atoms with van der Waals surface area (Å²) in [6, 6.07) is 2.03. The van der Waals surface area contributed by atoms with E-state index in [0.717, 1.165) is 31.9 Å². The molecule has 25 heavy (non-hydrogen) atoms. The Bertz CT molecular complexity index is 721. The van der Waals surface area contributed by atoms with E-state index in [0.29, 0.717) is 11.5 Å². The third-order valence-corrected chi connectivity index (χ3v) is 3.80. The number of carbonyl (C=O) groups is 1. The fraction of sp³-hybridized carbons (Fsp3) is 0.312. The second-order valence-electron chi connectivity index (χ2n) is 5.61. The van der Waals surface area contributed by atoms with Crippen molar-refractivity contribution in [3.63, 3.8) is 0 Å². The van der Waals surface area contributed by atoms with Gasteiger partial charge in [-0.1, -0.05) is 0 Å². The first-order valence-electron chi connectivity index (χ1n) is 7.97. The van der Waals surface area contributed by atoms with Crippen molar-refractivity contribution in [2.24, 2.45) is 0 Å². The van der Waals surface area contributed by atoms with E-state index in [9.17, 15) is 4.79 Å². The average Bonchev–Trinajstić information content (AvgIpc) is 2.68. The lowest BCUT2D eigenvalue weighted by Gasteiger charge is -2.33. The third-order valence-electron chi connectivity index (χ3n) is 3.80. The van der Waals surface area contributed by atoms with Gasteiger partial charge in [0.15, 0.2) is 0 Å². The molecule has 2 aromatic rings. The molecule has 1 saturated heterocycles.